The third-order valence-corrected chi connectivity index (χ3v) is 6.60. The summed E-state index contributed by atoms with van der Waals surface area (Å²) in [7, 11) is 0. The van der Waals surface area contributed by atoms with Crippen molar-refractivity contribution in [2.75, 3.05) is 0 Å². The molecule has 0 radical (unpaired) electrons. The predicted molar refractivity (Wildman–Crippen MR) is 107 cm³/mol. The smallest absolute Gasteiger partial charge is 0.0313 e. The van der Waals surface area contributed by atoms with Crippen LogP contribution in [0, 0.1) is 53.4 Å². The molecule has 0 spiro atoms. The number of rotatable bonds is 2. The second-order valence-corrected chi connectivity index (χ2v) is 8.55. The lowest BCUT2D eigenvalue weighted by atomic mass is 9.75. The minimum absolute atomic E-state index is 0.191. The molecule has 2 aromatic rings. The summed E-state index contributed by atoms with van der Waals surface area (Å²) in [5.41, 5.74) is 12.1. The molecule has 0 amide bonds. The maximum Gasteiger partial charge on any atom is 0.0313 e. The van der Waals surface area contributed by atoms with Crippen molar-refractivity contribution >= 4 is 0 Å². The number of fused-ring (bicyclic) bond motifs is 1. The second kappa shape index (κ2) is 5.59. The zero-order valence-corrected chi connectivity index (χ0v) is 16.5. The summed E-state index contributed by atoms with van der Waals surface area (Å²) < 4.78 is 0. The van der Waals surface area contributed by atoms with E-state index < -0.39 is 0 Å². The van der Waals surface area contributed by atoms with Crippen LogP contribution in [0.5, 0.6) is 0 Å². The molecule has 0 aromatic heterocycles. The highest BCUT2D eigenvalue weighted by Crippen LogP contribution is 2.69. The number of aryl methyl sites for hydroxylation is 6. The molecule has 1 fully saturated rings. The second-order valence-electron chi connectivity index (χ2n) is 8.55. The van der Waals surface area contributed by atoms with Crippen LogP contribution < -0.4 is 0 Å². The molecule has 130 valence electrons. The van der Waals surface area contributed by atoms with Crippen LogP contribution in [0.2, 0.25) is 0 Å². The van der Waals surface area contributed by atoms with Gasteiger partial charge in [0.2, 0.25) is 0 Å². The van der Waals surface area contributed by atoms with Gasteiger partial charge >= 0.3 is 0 Å². The van der Waals surface area contributed by atoms with E-state index in [0.717, 1.165) is 5.92 Å². The predicted octanol–water partition coefficient (Wildman–Crippen LogP) is 6.42. The molecule has 2 unspecified atom stereocenters. The topological polar surface area (TPSA) is 0 Å². The average Bonchev–Trinajstić information content (AvgIpc) is 3.14. The molecule has 2 aromatic carbocycles. The lowest BCUT2D eigenvalue weighted by Gasteiger charge is -2.28. The quantitative estimate of drug-likeness (QED) is 0.557. The fraction of sp³-hybridized carbons (Fsp3) is 0.440. The molecule has 0 saturated heterocycles. The maximum absolute atomic E-state index is 2.52. The molecular formula is C25H30. The summed E-state index contributed by atoms with van der Waals surface area (Å²) >= 11 is 0. The molecule has 2 aliphatic carbocycles. The highest BCUT2D eigenvalue weighted by molar-refractivity contribution is 5.62. The van der Waals surface area contributed by atoms with Crippen molar-refractivity contribution in [2.24, 2.45) is 11.8 Å². The van der Waals surface area contributed by atoms with Crippen molar-refractivity contribution in [3.8, 4) is 0 Å². The average molecular weight is 331 g/mol. The van der Waals surface area contributed by atoms with Gasteiger partial charge in [0.25, 0.3) is 0 Å². The van der Waals surface area contributed by atoms with E-state index in [-0.39, 0.29) is 5.41 Å². The van der Waals surface area contributed by atoms with Gasteiger partial charge in [0, 0.05) is 5.41 Å². The van der Waals surface area contributed by atoms with E-state index in [1.165, 1.54) is 46.2 Å². The molecule has 0 bridgehead atoms. The van der Waals surface area contributed by atoms with Crippen molar-refractivity contribution in [2.45, 2.75) is 59.8 Å². The molecule has 0 N–H and O–H groups in total. The van der Waals surface area contributed by atoms with Crippen molar-refractivity contribution in [3.63, 3.8) is 0 Å². The first kappa shape index (κ1) is 16.6. The number of hydrogen-bond acceptors (Lipinski definition) is 0. The number of benzene rings is 2. The normalized spacial score (nSPS) is 23.4. The minimum atomic E-state index is 0.191. The Morgan fingerprint density at radius 1 is 0.720 bits per heavy atom. The Balaban J connectivity index is 2.04. The van der Waals surface area contributed by atoms with Crippen molar-refractivity contribution < 1.29 is 0 Å². The van der Waals surface area contributed by atoms with Crippen molar-refractivity contribution in [3.05, 3.63) is 80.9 Å². The minimum Gasteiger partial charge on any atom is -0.0882 e. The third-order valence-electron chi connectivity index (χ3n) is 6.60. The van der Waals surface area contributed by atoms with Crippen LogP contribution in [0.25, 0.3) is 0 Å². The molecule has 4 rings (SSSR count). The number of allylic oxidation sites excluding steroid dienone is 2. The van der Waals surface area contributed by atoms with Gasteiger partial charge < -0.3 is 0 Å². The monoisotopic (exact) mass is 330 g/mol. The van der Waals surface area contributed by atoms with Crippen molar-refractivity contribution in [1.29, 1.82) is 0 Å². The van der Waals surface area contributed by atoms with Crippen LogP contribution in [-0.4, -0.2) is 0 Å². The zero-order valence-electron chi connectivity index (χ0n) is 16.5. The van der Waals surface area contributed by atoms with Gasteiger partial charge in [0.05, 0.1) is 0 Å². The van der Waals surface area contributed by atoms with Gasteiger partial charge in [-0.1, -0.05) is 47.5 Å². The fourth-order valence-electron chi connectivity index (χ4n) is 6.19. The Labute approximate surface area is 153 Å². The van der Waals surface area contributed by atoms with Gasteiger partial charge in [-0.05, 0) is 99.6 Å². The largest absolute Gasteiger partial charge is 0.0882 e. The third kappa shape index (κ3) is 2.26. The van der Waals surface area contributed by atoms with E-state index in [9.17, 15) is 0 Å². The highest BCUT2D eigenvalue weighted by atomic mass is 14.7. The van der Waals surface area contributed by atoms with Crippen molar-refractivity contribution in [1.82, 2.24) is 0 Å². The van der Waals surface area contributed by atoms with Crippen LogP contribution >= 0.6 is 0 Å². The van der Waals surface area contributed by atoms with E-state index in [1.54, 1.807) is 11.1 Å². The van der Waals surface area contributed by atoms with E-state index in [2.05, 4.69) is 78.0 Å². The Hall–Kier alpha value is -1.82. The Morgan fingerprint density at radius 3 is 1.52 bits per heavy atom. The Bertz CT molecular complexity index is 777. The molecule has 2 atom stereocenters. The van der Waals surface area contributed by atoms with E-state index in [1.807, 2.05) is 0 Å². The Kier molecular flexibility index (Phi) is 3.72. The standard InChI is InChI=1S/C25H30/c1-15-11-17(3)23(18(4)12-15)25(21-9-7-8-10-22(21)25)24-19(5)13-16(2)14-20(24)6/h7,9,11-14,21-22H,8,10H2,1-6H3. The lowest BCUT2D eigenvalue weighted by molar-refractivity contribution is 0.631. The molecule has 25 heavy (non-hydrogen) atoms. The van der Waals surface area contributed by atoms with Gasteiger partial charge in [-0.15, -0.1) is 0 Å². The van der Waals surface area contributed by atoms with Crippen LogP contribution in [0.3, 0.4) is 0 Å². The lowest BCUT2D eigenvalue weighted by Crippen LogP contribution is -2.20. The van der Waals surface area contributed by atoms with Crippen LogP contribution in [-0.2, 0) is 5.41 Å². The van der Waals surface area contributed by atoms with E-state index >= 15 is 0 Å². The van der Waals surface area contributed by atoms with E-state index in [0.29, 0.717) is 5.92 Å². The summed E-state index contributed by atoms with van der Waals surface area (Å²) in [4.78, 5) is 0. The summed E-state index contributed by atoms with van der Waals surface area (Å²) in [6.07, 6.45) is 7.49. The molecule has 0 heterocycles. The summed E-state index contributed by atoms with van der Waals surface area (Å²) in [6.45, 7) is 13.7. The fourth-order valence-corrected chi connectivity index (χ4v) is 6.19. The maximum atomic E-state index is 2.52. The first-order chi connectivity index (χ1) is 11.9. The molecule has 0 nitrogen and oxygen atoms in total. The van der Waals surface area contributed by atoms with E-state index in [4.69, 9.17) is 0 Å². The first-order valence-corrected chi connectivity index (χ1v) is 9.70. The Morgan fingerprint density at radius 2 is 1.16 bits per heavy atom. The first-order valence-electron chi connectivity index (χ1n) is 9.70. The van der Waals surface area contributed by atoms with Gasteiger partial charge in [0.1, 0.15) is 0 Å². The van der Waals surface area contributed by atoms with Crippen LogP contribution in [0.1, 0.15) is 57.3 Å². The molecule has 0 heteroatoms. The van der Waals surface area contributed by atoms with Crippen LogP contribution in [0.15, 0.2) is 36.4 Å². The van der Waals surface area contributed by atoms with Gasteiger partial charge in [-0.25, -0.2) is 0 Å². The van der Waals surface area contributed by atoms with Crippen LogP contribution in [0.4, 0.5) is 0 Å². The van der Waals surface area contributed by atoms with Gasteiger partial charge in [-0.2, -0.15) is 0 Å². The molecule has 2 aliphatic rings. The summed E-state index contributed by atoms with van der Waals surface area (Å²) in [6, 6.07) is 9.54. The SMILES string of the molecule is Cc1cc(C)c(C2(c3c(C)cc(C)cc3C)C3C=CCCC32)c(C)c1. The molecular weight excluding hydrogens is 300 g/mol. The summed E-state index contributed by atoms with van der Waals surface area (Å²) in [5.74, 6) is 1.43. The molecule has 0 aliphatic heterocycles. The van der Waals surface area contributed by atoms with Gasteiger partial charge in [0.15, 0.2) is 0 Å². The highest BCUT2D eigenvalue weighted by Gasteiger charge is 2.66. The van der Waals surface area contributed by atoms with Gasteiger partial charge in [-0.3, -0.25) is 0 Å². The number of hydrogen-bond donors (Lipinski definition) is 0. The zero-order chi connectivity index (χ0) is 17.9. The summed E-state index contributed by atoms with van der Waals surface area (Å²) in [5, 5.41) is 0. The molecule has 1 saturated carbocycles.